The maximum atomic E-state index is 11.9. The lowest BCUT2D eigenvalue weighted by Gasteiger charge is -2.09. The van der Waals surface area contributed by atoms with Crippen LogP contribution in [0.5, 0.6) is 0 Å². The average molecular weight is 254 g/mol. The first-order chi connectivity index (χ1) is 9.26. The molecule has 0 aliphatic carbocycles. The summed E-state index contributed by atoms with van der Waals surface area (Å²) in [7, 11) is 1.35. The molecular formula is C16H14O3. The smallest absolute Gasteiger partial charge is 0.338 e. The lowest BCUT2D eigenvalue weighted by atomic mass is 9.97. The van der Waals surface area contributed by atoms with Gasteiger partial charge < -0.3 is 9.53 Å². The van der Waals surface area contributed by atoms with Crippen molar-refractivity contribution in [1.29, 1.82) is 0 Å². The summed E-state index contributed by atoms with van der Waals surface area (Å²) in [5, 5.41) is 0. The van der Waals surface area contributed by atoms with E-state index in [9.17, 15) is 9.59 Å². The number of benzene rings is 2. The molecule has 96 valence electrons. The first kappa shape index (κ1) is 13.0. The normalized spacial score (nSPS) is 9.95. The van der Waals surface area contributed by atoms with Gasteiger partial charge in [-0.05, 0) is 22.8 Å². The van der Waals surface area contributed by atoms with Crippen molar-refractivity contribution in [3.63, 3.8) is 0 Å². The number of methoxy groups -OCH3 is 1. The molecule has 0 heterocycles. The molecule has 0 saturated carbocycles. The molecule has 3 heteroatoms. The van der Waals surface area contributed by atoms with Crippen LogP contribution in [0, 0.1) is 0 Å². The van der Waals surface area contributed by atoms with E-state index in [-0.39, 0.29) is 0 Å². The van der Waals surface area contributed by atoms with E-state index < -0.39 is 5.97 Å². The third kappa shape index (κ3) is 2.88. The highest BCUT2D eigenvalue weighted by Crippen LogP contribution is 2.25. The predicted molar refractivity (Wildman–Crippen MR) is 73.0 cm³/mol. The third-order valence-corrected chi connectivity index (χ3v) is 2.89. The standard InChI is InChI=1S/C16H14O3/c1-19-16(18)15-11-12(9-10-17)7-8-14(15)13-5-3-2-4-6-13/h2-8,10-11H,9H2,1H3. The van der Waals surface area contributed by atoms with Crippen LogP contribution < -0.4 is 0 Å². The maximum Gasteiger partial charge on any atom is 0.338 e. The second-order valence-corrected chi connectivity index (χ2v) is 4.11. The van der Waals surface area contributed by atoms with Gasteiger partial charge >= 0.3 is 5.97 Å². The van der Waals surface area contributed by atoms with Crippen molar-refractivity contribution in [2.75, 3.05) is 7.11 Å². The van der Waals surface area contributed by atoms with Gasteiger partial charge in [0.25, 0.3) is 0 Å². The average Bonchev–Trinajstić information content (AvgIpc) is 2.47. The van der Waals surface area contributed by atoms with Crippen molar-refractivity contribution in [2.45, 2.75) is 6.42 Å². The zero-order valence-electron chi connectivity index (χ0n) is 10.6. The number of carbonyl (C=O) groups excluding carboxylic acids is 2. The Morgan fingerprint density at radius 1 is 1.16 bits per heavy atom. The molecule has 0 atom stereocenters. The number of aldehydes is 1. The van der Waals surface area contributed by atoms with Gasteiger partial charge in [0.15, 0.2) is 0 Å². The molecule has 0 N–H and O–H groups in total. The first-order valence-electron chi connectivity index (χ1n) is 5.96. The Morgan fingerprint density at radius 2 is 1.89 bits per heavy atom. The van der Waals surface area contributed by atoms with Crippen LogP contribution in [0.1, 0.15) is 15.9 Å². The largest absolute Gasteiger partial charge is 0.465 e. The van der Waals surface area contributed by atoms with Crippen molar-refractivity contribution in [3.8, 4) is 11.1 Å². The van der Waals surface area contributed by atoms with Crippen molar-refractivity contribution < 1.29 is 14.3 Å². The van der Waals surface area contributed by atoms with Crippen LogP contribution in [0.4, 0.5) is 0 Å². The number of ether oxygens (including phenoxy) is 1. The number of carbonyl (C=O) groups is 2. The van der Waals surface area contributed by atoms with Crippen molar-refractivity contribution in [2.24, 2.45) is 0 Å². The quantitative estimate of drug-likeness (QED) is 0.622. The van der Waals surface area contributed by atoms with Gasteiger partial charge in [-0.15, -0.1) is 0 Å². The lowest BCUT2D eigenvalue weighted by molar-refractivity contribution is -0.107. The monoisotopic (exact) mass is 254 g/mol. The zero-order valence-corrected chi connectivity index (χ0v) is 10.6. The second kappa shape index (κ2) is 5.96. The summed E-state index contributed by atoms with van der Waals surface area (Å²) in [6.07, 6.45) is 1.11. The molecule has 0 radical (unpaired) electrons. The van der Waals surface area contributed by atoms with Gasteiger partial charge in [0.1, 0.15) is 6.29 Å². The number of hydrogen-bond donors (Lipinski definition) is 0. The highest BCUT2D eigenvalue weighted by Gasteiger charge is 2.13. The summed E-state index contributed by atoms with van der Waals surface area (Å²) in [4.78, 5) is 22.4. The fourth-order valence-corrected chi connectivity index (χ4v) is 1.96. The molecule has 0 spiro atoms. The van der Waals surface area contributed by atoms with E-state index in [1.165, 1.54) is 7.11 Å². The molecule has 0 unspecified atom stereocenters. The molecule has 0 aliphatic heterocycles. The van der Waals surface area contributed by atoms with Crippen LogP contribution in [0.25, 0.3) is 11.1 Å². The fourth-order valence-electron chi connectivity index (χ4n) is 1.96. The van der Waals surface area contributed by atoms with E-state index in [0.717, 1.165) is 23.0 Å². The highest BCUT2D eigenvalue weighted by molar-refractivity contribution is 5.97. The Hall–Kier alpha value is -2.42. The molecule has 19 heavy (non-hydrogen) atoms. The van der Waals surface area contributed by atoms with Crippen LogP contribution in [0.15, 0.2) is 48.5 Å². The summed E-state index contributed by atoms with van der Waals surface area (Å²) >= 11 is 0. The van der Waals surface area contributed by atoms with Crippen molar-refractivity contribution in [1.82, 2.24) is 0 Å². The molecule has 0 saturated heterocycles. The molecule has 3 nitrogen and oxygen atoms in total. The van der Waals surface area contributed by atoms with E-state index in [0.29, 0.717) is 12.0 Å². The molecule has 0 bridgehead atoms. The summed E-state index contributed by atoms with van der Waals surface area (Å²) < 4.78 is 4.80. The number of rotatable bonds is 4. The Bertz CT molecular complexity index is 588. The SMILES string of the molecule is COC(=O)c1cc(CC=O)ccc1-c1ccccc1. The molecule has 2 aromatic rings. The van der Waals surface area contributed by atoms with Gasteiger partial charge in [0.2, 0.25) is 0 Å². The summed E-state index contributed by atoms with van der Waals surface area (Å²) in [6.45, 7) is 0. The summed E-state index contributed by atoms with van der Waals surface area (Å²) in [5.74, 6) is -0.397. The predicted octanol–water partition coefficient (Wildman–Crippen LogP) is 2.88. The summed E-state index contributed by atoms with van der Waals surface area (Å²) in [5.41, 5.74) is 3.03. The van der Waals surface area contributed by atoms with E-state index in [4.69, 9.17) is 4.74 Å². The van der Waals surface area contributed by atoms with Gasteiger partial charge in [-0.25, -0.2) is 4.79 Å². The van der Waals surface area contributed by atoms with Crippen molar-refractivity contribution in [3.05, 3.63) is 59.7 Å². The minimum atomic E-state index is -0.397. The topological polar surface area (TPSA) is 43.4 Å². The zero-order chi connectivity index (χ0) is 13.7. The number of hydrogen-bond acceptors (Lipinski definition) is 3. The molecule has 0 aliphatic rings. The minimum absolute atomic E-state index is 0.291. The van der Waals surface area contributed by atoms with E-state index in [2.05, 4.69) is 0 Å². The van der Waals surface area contributed by atoms with E-state index >= 15 is 0 Å². The van der Waals surface area contributed by atoms with Crippen LogP contribution in [0.3, 0.4) is 0 Å². The molecule has 2 aromatic carbocycles. The molecular weight excluding hydrogens is 240 g/mol. The minimum Gasteiger partial charge on any atom is -0.465 e. The van der Waals surface area contributed by atoms with Crippen LogP contribution >= 0.6 is 0 Å². The van der Waals surface area contributed by atoms with E-state index in [1.807, 2.05) is 42.5 Å². The molecule has 0 amide bonds. The van der Waals surface area contributed by atoms with Crippen LogP contribution in [0.2, 0.25) is 0 Å². The van der Waals surface area contributed by atoms with Gasteiger partial charge in [-0.1, -0.05) is 42.5 Å². The molecule has 0 aromatic heterocycles. The summed E-state index contributed by atoms with van der Waals surface area (Å²) in [6, 6.07) is 15.0. The second-order valence-electron chi connectivity index (χ2n) is 4.11. The Kier molecular flexibility index (Phi) is 4.08. The van der Waals surface area contributed by atoms with Gasteiger partial charge in [0.05, 0.1) is 12.7 Å². The first-order valence-corrected chi connectivity index (χ1v) is 5.96. The van der Waals surface area contributed by atoms with Gasteiger partial charge in [-0.3, -0.25) is 0 Å². The Labute approximate surface area is 111 Å². The maximum absolute atomic E-state index is 11.9. The van der Waals surface area contributed by atoms with Gasteiger partial charge in [0, 0.05) is 6.42 Å². The highest BCUT2D eigenvalue weighted by atomic mass is 16.5. The Morgan fingerprint density at radius 3 is 2.53 bits per heavy atom. The molecule has 2 rings (SSSR count). The number of esters is 1. The Balaban J connectivity index is 2.54. The van der Waals surface area contributed by atoms with Crippen LogP contribution in [-0.4, -0.2) is 19.4 Å². The fraction of sp³-hybridized carbons (Fsp3) is 0.125. The van der Waals surface area contributed by atoms with E-state index in [1.54, 1.807) is 6.07 Å². The van der Waals surface area contributed by atoms with Crippen molar-refractivity contribution >= 4 is 12.3 Å². The third-order valence-electron chi connectivity index (χ3n) is 2.89. The van der Waals surface area contributed by atoms with Crippen LogP contribution in [-0.2, 0) is 16.0 Å². The molecule has 0 fully saturated rings. The lowest BCUT2D eigenvalue weighted by Crippen LogP contribution is -2.05. The van der Waals surface area contributed by atoms with Gasteiger partial charge in [-0.2, -0.15) is 0 Å².